The number of fused-ring (bicyclic) bond motifs is 1. The van der Waals surface area contributed by atoms with Gasteiger partial charge >= 0.3 is 6.03 Å². The molecule has 6 rings (SSSR count). The normalized spacial score (nSPS) is 23.4. The summed E-state index contributed by atoms with van der Waals surface area (Å²) in [5.41, 5.74) is 2.09. The van der Waals surface area contributed by atoms with Crippen LogP contribution in [0, 0.1) is 0 Å². The third kappa shape index (κ3) is 3.78. The first-order chi connectivity index (χ1) is 16.0. The second kappa shape index (κ2) is 7.77. The fourth-order valence-corrected chi connectivity index (χ4v) is 5.19. The van der Waals surface area contributed by atoms with E-state index in [0.29, 0.717) is 36.8 Å². The third-order valence-corrected chi connectivity index (χ3v) is 7.20. The van der Waals surface area contributed by atoms with E-state index in [9.17, 15) is 14.4 Å². The number of hydrogen-bond acceptors (Lipinski definition) is 7. The van der Waals surface area contributed by atoms with Gasteiger partial charge in [0.1, 0.15) is 11.5 Å². The average Bonchev–Trinajstić information content (AvgIpc) is 3.25. The number of rotatable bonds is 5. The molecule has 1 unspecified atom stereocenters. The highest BCUT2D eigenvalue weighted by Crippen LogP contribution is 2.41. The summed E-state index contributed by atoms with van der Waals surface area (Å²) in [7, 11) is 0. The lowest BCUT2D eigenvalue weighted by atomic mass is 10.2. The van der Waals surface area contributed by atoms with E-state index in [-0.39, 0.29) is 16.9 Å². The Morgan fingerprint density at radius 1 is 1.21 bits per heavy atom. The van der Waals surface area contributed by atoms with Gasteiger partial charge in [-0.1, -0.05) is 18.2 Å². The first-order valence-corrected chi connectivity index (χ1v) is 11.7. The van der Waals surface area contributed by atoms with Crippen molar-refractivity contribution in [3.05, 3.63) is 47.4 Å². The Morgan fingerprint density at radius 3 is 2.76 bits per heavy atom. The lowest BCUT2D eigenvalue weighted by molar-refractivity contribution is -0.129. The molecule has 0 spiro atoms. The molecule has 2 aromatic rings. The number of anilines is 1. The van der Waals surface area contributed by atoms with Crippen LogP contribution in [0.2, 0.25) is 0 Å². The van der Waals surface area contributed by atoms with Crippen molar-refractivity contribution in [3.63, 3.8) is 0 Å². The first kappa shape index (κ1) is 20.0. The van der Waals surface area contributed by atoms with Crippen LogP contribution in [0.15, 0.2) is 36.2 Å². The van der Waals surface area contributed by atoms with E-state index in [0.717, 1.165) is 29.3 Å². The smallest absolute Gasteiger partial charge is 0.326 e. The van der Waals surface area contributed by atoms with Crippen molar-refractivity contribution in [3.8, 4) is 0 Å². The molecule has 1 atom stereocenters. The van der Waals surface area contributed by atoms with Gasteiger partial charge in [0.25, 0.3) is 5.91 Å². The summed E-state index contributed by atoms with van der Waals surface area (Å²) in [5.74, 6) is 0.465. The minimum Gasteiger partial charge on any atom is -0.367 e. The van der Waals surface area contributed by atoms with Crippen molar-refractivity contribution >= 4 is 52.1 Å². The maximum Gasteiger partial charge on any atom is 0.326 e. The Morgan fingerprint density at radius 2 is 2.03 bits per heavy atom. The zero-order valence-electron chi connectivity index (χ0n) is 17.6. The number of carbonyl (C=O) groups is 3. The average molecular weight is 464 g/mol. The zero-order valence-corrected chi connectivity index (χ0v) is 18.4. The van der Waals surface area contributed by atoms with E-state index in [2.05, 4.69) is 27.1 Å². The lowest BCUT2D eigenvalue weighted by Gasteiger charge is -2.19. The third-order valence-electron chi connectivity index (χ3n) is 5.89. The molecule has 5 heterocycles. The number of allylic oxidation sites excluding steroid dienone is 1. The van der Waals surface area contributed by atoms with Crippen LogP contribution in [-0.4, -0.2) is 61.7 Å². The van der Waals surface area contributed by atoms with Crippen molar-refractivity contribution in [2.24, 2.45) is 0 Å². The van der Waals surface area contributed by atoms with Gasteiger partial charge in [0.15, 0.2) is 5.65 Å². The number of thioether (sulfide) groups is 1. The van der Waals surface area contributed by atoms with Crippen LogP contribution in [0.5, 0.6) is 0 Å². The quantitative estimate of drug-likeness (QED) is 0.351. The number of aromatic nitrogens is 3. The highest BCUT2D eigenvalue weighted by atomic mass is 32.2. The van der Waals surface area contributed by atoms with E-state index in [1.807, 2.05) is 23.1 Å². The van der Waals surface area contributed by atoms with Gasteiger partial charge < -0.3 is 15.5 Å². The van der Waals surface area contributed by atoms with E-state index in [1.165, 1.54) is 11.8 Å². The van der Waals surface area contributed by atoms with Crippen LogP contribution in [-0.2, 0) is 9.59 Å². The van der Waals surface area contributed by atoms with Crippen LogP contribution < -0.4 is 16.0 Å². The summed E-state index contributed by atoms with van der Waals surface area (Å²) >= 11 is 1.54. The Kier molecular flexibility index (Phi) is 4.72. The summed E-state index contributed by atoms with van der Waals surface area (Å²) in [6, 6.07) is 1.81. The van der Waals surface area contributed by atoms with E-state index in [4.69, 9.17) is 4.98 Å². The fraction of sp³-hybridized carbons (Fsp3) is 0.318. The van der Waals surface area contributed by atoms with Gasteiger partial charge in [-0.05, 0) is 25.3 Å². The summed E-state index contributed by atoms with van der Waals surface area (Å²) in [6.07, 6.45) is 12.1. The Hall–Kier alpha value is -3.60. The number of nitrogens with zero attached hydrogens (tertiary/aromatic N) is 4. The molecular weight excluding hydrogens is 442 g/mol. The molecule has 1 saturated carbocycles. The molecule has 0 bridgehead atoms. The highest BCUT2D eigenvalue weighted by molar-refractivity contribution is 8.09. The van der Waals surface area contributed by atoms with Gasteiger partial charge in [0, 0.05) is 35.7 Å². The molecule has 1 saturated heterocycles. The summed E-state index contributed by atoms with van der Waals surface area (Å²) in [4.78, 5) is 43.9. The van der Waals surface area contributed by atoms with Gasteiger partial charge in [-0.25, -0.2) is 9.78 Å². The number of amides is 4. The van der Waals surface area contributed by atoms with Gasteiger partial charge in [0.05, 0.1) is 17.1 Å². The molecule has 2 fully saturated rings. The molecular formula is C22H21N7O3S. The second-order valence-corrected chi connectivity index (χ2v) is 9.62. The summed E-state index contributed by atoms with van der Waals surface area (Å²) in [6.45, 7) is 1.34. The number of nitrogens with one attached hydrogen (secondary N) is 3. The van der Waals surface area contributed by atoms with Crippen LogP contribution in [0.1, 0.15) is 30.5 Å². The maximum atomic E-state index is 12.8. The minimum absolute atomic E-state index is 0.145. The molecule has 33 heavy (non-hydrogen) atoms. The summed E-state index contributed by atoms with van der Waals surface area (Å²) < 4.78 is 1.71. The van der Waals surface area contributed by atoms with Crippen molar-refractivity contribution in [2.45, 2.75) is 30.6 Å². The van der Waals surface area contributed by atoms with Gasteiger partial charge in [-0.2, -0.15) is 9.61 Å². The molecule has 0 radical (unpaired) electrons. The molecule has 11 heteroatoms. The van der Waals surface area contributed by atoms with E-state index < -0.39 is 11.9 Å². The Bertz CT molecular complexity index is 1280. The molecule has 3 aliphatic heterocycles. The first-order valence-electron chi connectivity index (χ1n) is 10.9. The molecule has 10 nitrogen and oxygen atoms in total. The standard InChI is InChI=1S/C22H21N7O3S/c30-20-15(26-22(32)27-20)9-12-11-23-29-18(24-13-3-4-13)10-14(25-19(12)29)16-5-6-17(33-16)21(31)28-7-1-2-8-28/h1-2,5,9-11,13,17,24H,3-4,6-8H2,(H2,26,27,30,32)/b15-9-. The molecule has 3 N–H and O–H groups in total. The van der Waals surface area contributed by atoms with Gasteiger partial charge in [-0.3, -0.25) is 14.9 Å². The van der Waals surface area contributed by atoms with Crippen LogP contribution >= 0.6 is 11.8 Å². The Balaban J connectivity index is 1.33. The summed E-state index contributed by atoms with van der Waals surface area (Å²) in [5, 5.41) is 12.5. The monoisotopic (exact) mass is 463 g/mol. The molecule has 0 aromatic carbocycles. The van der Waals surface area contributed by atoms with Crippen molar-refractivity contribution in [1.82, 2.24) is 30.1 Å². The zero-order chi connectivity index (χ0) is 22.5. The molecule has 168 valence electrons. The molecule has 2 aromatic heterocycles. The van der Waals surface area contributed by atoms with Gasteiger partial charge in [0.2, 0.25) is 5.91 Å². The highest BCUT2D eigenvalue weighted by Gasteiger charge is 2.31. The number of urea groups is 1. The minimum atomic E-state index is -0.552. The fourth-order valence-electron chi connectivity index (χ4n) is 4.03. The number of hydrogen-bond donors (Lipinski definition) is 3. The topological polar surface area (TPSA) is 121 Å². The van der Waals surface area contributed by atoms with Crippen LogP contribution in [0.25, 0.3) is 16.6 Å². The van der Waals surface area contributed by atoms with Crippen molar-refractivity contribution in [2.75, 3.05) is 18.4 Å². The number of imide groups is 1. The van der Waals surface area contributed by atoms with Gasteiger partial charge in [-0.15, -0.1) is 11.8 Å². The van der Waals surface area contributed by atoms with Crippen LogP contribution in [0.3, 0.4) is 0 Å². The van der Waals surface area contributed by atoms with Crippen molar-refractivity contribution in [1.29, 1.82) is 0 Å². The molecule has 1 aliphatic carbocycles. The Labute approximate surface area is 193 Å². The maximum absolute atomic E-state index is 12.8. The predicted octanol–water partition coefficient (Wildman–Crippen LogP) is 1.73. The van der Waals surface area contributed by atoms with E-state index >= 15 is 0 Å². The SMILES string of the molecule is O=C1NC(=O)/C(=C/c2cnn3c(NC4CC4)cc(C4=CCC(C(=O)N5CC=CC5)S4)nc23)N1. The lowest BCUT2D eigenvalue weighted by Crippen LogP contribution is -2.34. The molecule has 4 aliphatic rings. The largest absolute Gasteiger partial charge is 0.367 e. The van der Waals surface area contributed by atoms with E-state index in [1.54, 1.807) is 16.8 Å². The number of carbonyl (C=O) groups excluding carboxylic acids is 3. The molecule has 4 amide bonds. The second-order valence-electron chi connectivity index (χ2n) is 8.37. The predicted molar refractivity (Wildman–Crippen MR) is 124 cm³/mol. The van der Waals surface area contributed by atoms with Crippen LogP contribution in [0.4, 0.5) is 10.6 Å². The van der Waals surface area contributed by atoms with Crippen molar-refractivity contribution < 1.29 is 14.4 Å².